The minimum Gasteiger partial charge on any atom is -0.468 e. The quantitative estimate of drug-likeness (QED) is 0.912. The Hall–Kier alpha value is -2.41. The van der Waals surface area contributed by atoms with E-state index < -0.39 is 0 Å². The summed E-state index contributed by atoms with van der Waals surface area (Å²) in [5.74, 6) is 1.62. The summed E-state index contributed by atoms with van der Waals surface area (Å²) < 4.78 is 5.41. The molecule has 0 unspecified atom stereocenters. The zero-order valence-electron chi connectivity index (χ0n) is 14.3. The number of nitrogens with one attached hydrogen (secondary N) is 1. The SMILES string of the molecule is Cc1nc2c(c(=O)[nH]1)CN(C(=O)[C@H]1CCCN(Cc3ccco3)C1)C2. The van der Waals surface area contributed by atoms with Gasteiger partial charge in [-0.3, -0.25) is 14.5 Å². The van der Waals surface area contributed by atoms with Crippen LogP contribution in [0.2, 0.25) is 0 Å². The number of fused-ring (bicyclic) bond motifs is 1. The van der Waals surface area contributed by atoms with Crippen LogP contribution in [0.5, 0.6) is 0 Å². The standard InChI is InChI=1S/C18H22N4O3/c1-12-19-16-11-22(10-15(16)17(23)20-12)18(24)13-4-2-6-21(8-13)9-14-5-3-7-25-14/h3,5,7,13H,2,4,6,8-11H2,1H3,(H,19,20,23)/t13-/m0/s1. The Bertz CT molecular complexity index is 827. The molecule has 1 saturated heterocycles. The molecule has 0 aromatic carbocycles. The maximum absolute atomic E-state index is 12.9. The topological polar surface area (TPSA) is 82.4 Å². The largest absolute Gasteiger partial charge is 0.468 e. The van der Waals surface area contributed by atoms with Gasteiger partial charge in [-0.2, -0.15) is 0 Å². The molecule has 2 aliphatic heterocycles. The van der Waals surface area contributed by atoms with Crippen LogP contribution in [0.15, 0.2) is 27.6 Å². The Kier molecular flexibility index (Phi) is 4.17. The summed E-state index contributed by atoms with van der Waals surface area (Å²) in [6.07, 6.45) is 3.56. The fraction of sp³-hybridized carbons (Fsp3) is 0.500. The maximum Gasteiger partial charge on any atom is 0.256 e. The van der Waals surface area contributed by atoms with Crippen molar-refractivity contribution in [3.63, 3.8) is 0 Å². The summed E-state index contributed by atoms with van der Waals surface area (Å²) in [6, 6.07) is 3.85. The van der Waals surface area contributed by atoms with Crippen LogP contribution < -0.4 is 5.56 Å². The second-order valence-corrected chi connectivity index (χ2v) is 6.92. The molecule has 0 saturated carbocycles. The molecule has 0 spiro atoms. The van der Waals surface area contributed by atoms with Crippen LogP contribution in [0.1, 0.15) is 35.7 Å². The fourth-order valence-corrected chi connectivity index (χ4v) is 3.83. The molecule has 0 aliphatic carbocycles. The second-order valence-electron chi connectivity index (χ2n) is 6.92. The number of furan rings is 1. The van der Waals surface area contributed by atoms with Gasteiger partial charge < -0.3 is 14.3 Å². The number of aromatic nitrogens is 2. The zero-order chi connectivity index (χ0) is 17.4. The molecule has 2 aliphatic rings. The minimum atomic E-state index is -0.124. The molecule has 7 heteroatoms. The van der Waals surface area contributed by atoms with Gasteiger partial charge in [0.2, 0.25) is 5.91 Å². The maximum atomic E-state index is 12.9. The predicted octanol–water partition coefficient (Wildman–Crippen LogP) is 1.43. The third kappa shape index (κ3) is 3.24. The molecule has 7 nitrogen and oxygen atoms in total. The van der Waals surface area contributed by atoms with Gasteiger partial charge in [0.05, 0.1) is 43.1 Å². The fourth-order valence-electron chi connectivity index (χ4n) is 3.83. The van der Waals surface area contributed by atoms with Crippen molar-refractivity contribution >= 4 is 5.91 Å². The average Bonchev–Trinajstić information content (AvgIpc) is 3.24. The molecule has 4 heterocycles. The highest BCUT2D eigenvalue weighted by molar-refractivity contribution is 5.79. The second kappa shape index (κ2) is 6.48. The number of aromatic amines is 1. The van der Waals surface area contributed by atoms with Crippen molar-refractivity contribution in [1.29, 1.82) is 0 Å². The first-order valence-corrected chi connectivity index (χ1v) is 8.72. The molecule has 0 radical (unpaired) electrons. The summed E-state index contributed by atoms with van der Waals surface area (Å²) in [6.45, 7) is 5.01. The first-order chi connectivity index (χ1) is 12.1. The minimum absolute atomic E-state index is 0.0294. The van der Waals surface area contributed by atoms with E-state index in [1.807, 2.05) is 12.1 Å². The van der Waals surface area contributed by atoms with Crippen molar-refractivity contribution in [1.82, 2.24) is 19.8 Å². The Morgan fingerprint density at radius 2 is 2.32 bits per heavy atom. The van der Waals surface area contributed by atoms with Gasteiger partial charge in [0.15, 0.2) is 0 Å². The van der Waals surface area contributed by atoms with Crippen molar-refractivity contribution in [3.8, 4) is 0 Å². The van der Waals surface area contributed by atoms with E-state index in [4.69, 9.17) is 4.42 Å². The number of aryl methyl sites for hydroxylation is 1. The highest BCUT2D eigenvalue weighted by atomic mass is 16.3. The van der Waals surface area contributed by atoms with Gasteiger partial charge in [-0.1, -0.05) is 0 Å². The molecule has 132 valence electrons. The van der Waals surface area contributed by atoms with Crippen LogP contribution in [0.3, 0.4) is 0 Å². The third-order valence-electron chi connectivity index (χ3n) is 5.04. The lowest BCUT2D eigenvalue weighted by Gasteiger charge is -2.33. The molecule has 1 fully saturated rings. The van der Waals surface area contributed by atoms with Crippen LogP contribution in [0.4, 0.5) is 0 Å². The number of hydrogen-bond donors (Lipinski definition) is 1. The van der Waals surface area contributed by atoms with Crippen molar-refractivity contribution in [2.24, 2.45) is 5.92 Å². The molecule has 1 N–H and O–H groups in total. The van der Waals surface area contributed by atoms with Gasteiger partial charge >= 0.3 is 0 Å². The van der Waals surface area contributed by atoms with Crippen molar-refractivity contribution in [3.05, 3.63) is 51.6 Å². The molecule has 1 atom stereocenters. The molecule has 2 aromatic rings. The smallest absolute Gasteiger partial charge is 0.256 e. The first kappa shape index (κ1) is 16.1. The number of likely N-dealkylation sites (tertiary alicyclic amines) is 1. The Morgan fingerprint density at radius 1 is 1.44 bits per heavy atom. The molecule has 0 bridgehead atoms. The summed E-state index contributed by atoms with van der Waals surface area (Å²) in [5.41, 5.74) is 1.24. The molecule has 25 heavy (non-hydrogen) atoms. The van der Waals surface area contributed by atoms with Crippen LogP contribution in [0, 0.1) is 12.8 Å². The monoisotopic (exact) mass is 342 g/mol. The Labute approximate surface area is 145 Å². The number of rotatable bonds is 3. The van der Waals surface area contributed by atoms with Gasteiger partial charge in [-0.25, -0.2) is 4.98 Å². The number of piperidine rings is 1. The number of H-pyrrole nitrogens is 1. The van der Waals surface area contributed by atoms with E-state index >= 15 is 0 Å². The van der Waals surface area contributed by atoms with Gasteiger partial charge in [-0.15, -0.1) is 0 Å². The van der Waals surface area contributed by atoms with E-state index in [1.54, 1.807) is 18.1 Å². The normalized spacial score (nSPS) is 20.7. The average molecular weight is 342 g/mol. The van der Waals surface area contributed by atoms with E-state index in [1.165, 1.54) is 0 Å². The summed E-state index contributed by atoms with van der Waals surface area (Å²) in [5, 5.41) is 0. The molecular weight excluding hydrogens is 320 g/mol. The van der Waals surface area contributed by atoms with Gasteiger partial charge in [0, 0.05) is 6.54 Å². The van der Waals surface area contributed by atoms with E-state index in [0.29, 0.717) is 24.5 Å². The van der Waals surface area contributed by atoms with E-state index in [0.717, 1.165) is 43.9 Å². The number of carbonyl (C=O) groups excluding carboxylic acids is 1. The van der Waals surface area contributed by atoms with Crippen LogP contribution >= 0.6 is 0 Å². The van der Waals surface area contributed by atoms with Crippen LogP contribution in [0.25, 0.3) is 0 Å². The summed E-state index contributed by atoms with van der Waals surface area (Å²) in [4.78, 5) is 36.1. The predicted molar refractivity (Wildman–Crippen MR) is 90.6 cm³/mol. The van der Waals surface area contributed by atoms with E-state index in [-0.39, 0.29) is 17.4 Å². The lowest BCUT2D eigenvalue weighted by atomic mass is 9.96. The number of amides is 1. The van der Waals surface area contributed by atoms with Crippen molar-refractivity contribution in [2.75, 3.05) is 13.1 Å². The van der Waals surface area contributed by atoms with Crippen LogP contribution in [-0.2, 0) is 24.4 Å². The van der Waals surface area contributed by atoms with Crippen molar-refractivity contribution in [2.45, 2.75) is 39.4 Å². The molecule has 4 rings (SSSR count). The first-order valence-electron chi connectivity index (χ1n) is 8.72. The molecule has 2 aromatic heterocycles. The van der Waals surface area contributed by atoms with Crippen LogP contribution in [-0.4, -0.2) is 38.8 Å². The number of nitrogens with zero attached hydrogens (tertiary/aromatic N) is 3. The van der Waals surface area contributed by atoms with Gasteiger partial charge in [0.25, 0.3) is 5.56 Å². The summed E-state index contributed by atoms with van der Waals surface area (Å²) >= 11 is 0. The van der Waals surface area contributed by atoms with Crippen molar-refractivity contribution < 1.29 is 9.21 Å². The van der Waals surface area contributed by atoms with E-state index in [9.17, 15) is 9.59 Å². The summed E-state index contributed by atoms with van der Waals surface area (Å²) in [7, 11) is 0. The lowest BCUT2D eigenvalue weighted by Crippen LogP contribution is -2.43. The molecule has 1 amide bonds. The zero-order valence-corrected chi connectivity index (χ0v) is 14.3. The Balaban J connectivity index is 1.43. The third-order valence-corrected chi connectivity index (χ3v) is 5.04. The number of hydrogen-bond acceptors (Lipinski definition) is 5. The highest BCUT2D eigenvalue weighted by Crippen LogP contribution is 2.25. The Morgan fingerprint density at radius 3 is 3.12 bits per heavy atom. The van der Waals surface area contributed by atoms with Gasteiger partial charge in [0.1, 0.15) is 11.6 Å². The lowest BCUT2D eigenvalue weighted by molar-refractivity contribution is -0.138. The van der Waals surface area contributed by atoms with E-state index in [2.05, 4.69) is 14.9 Å². The molecular formula is C18H22N4O3. The highest BCUT2D eigenvalue weighted by Gasteiger charge is 2.34. The number of carbonyl (C=O) groups is 1. The van der Waals surface area contributed by atoms with Gasteiger partial charge in [-0.05, 0) is 38.4 Å².